The Morgan fingerprint density at radius 3 is 2.47 bits per heavy atom. The average molecular weight is 330 g/mol. The van der Waals surface area contributed by atoms with Gasteiger partial charge < -0.3 is 5.32 Å². The minimum absolute atomic E-state index is 0.267. The Morgan fingerprint density at radius 1 is 1.37 bits per heavy atom. The lowest BCUT2D eigenvalue weighted by atomic mass is 9.81. The molecule has 0 amide bonds. The molecule has 0 aliphatic carbocycles. The molecule has 1 unspecified atom stereocenters. The number of nitrogens with zero attached hydrogens (tertiary/aromatic N) is 2. The van der Waals surface area contributed by atoms with Crippen molar-refractivity contribution in [1.29, 1.82) is 0 Å². The first kappa shape index (κ1) is 16.7. The van der Waals surface area contributed by atoms with Crippen molar-refractivity contribution in [2.75, 3.05) is 7.05 Å². The molecule has 1 atom stereocenters. The zero-order valence-electron chi connectivity index (χ0n) is 13.2. The van der Waals surface area contributed by atoms with E-state index in [9.17, 15) is 0 Å². The van der Waals surface area contributed by atoms with Crippen molar-refractivity contribution in [3.63, 3.8) is 0 Å². The fourth-order valence-corrected chi connectivity index (χ4v) is 3.35. The third kappa shape index (κ3) is 4.32. The molecule has 0 aromatic carbocycles. The molecular weight excluding hydrogens is 302 g/mol. The normalized spacial score (nSPS) is 13.8. The largest absolute Gasteiger partial charge is 0.317 e. The monoisotopic (exact) mass is 329 g/mol. The van der Waals surface area contributed by atoms with E-state index in [1.165, 1.54) is 15.9 Å². The molecule has 1 N–H and O–H groups in total. The van der Waals surface area contributed by atoms with Gasteiger partial charge in [-0.05, 0) is 61.5 Å². The summed E-state index contributed by atoms with van der Waals surface area (Å²) in [7, 11) is 2.03. The van der Waals surface area contributed by atoms with E-state index >= 15 is 0 Å². The maximum Gasteiger partial charge on any atom is 0.0766 e. The van der Waals surface area contributed by atoms with Crippen molar-refractivity contribution in [3.8, 4) is 0 Å². The van der Waals surface area contributed by atoms with Crippen molar-refractivity contribution in [3.05, 3.63) is 15.9 Å². The molecule has 0 saturated heterocycles. The van der Waals surface area contributed by atoms with Crippen LogP contribution in [0.15, 0.2) is 4.47 Å². The maximum atomic E-state index is 4.68. The first-order valence-electron chi connectivity index (χ1n) is 7.26. The van der Waals surface area contributed by atoms with Gasteiger partial charge in [0.1, 0.15) is 0 Å². The molecule has 3 nitrogen and oxygen atoms in total. The minimum atomic E-state index is 0.267. The topological polar surface area (TPSA) is 29.9 Å². The minimum Gasteiger partial charge on any atom is -0.317 e. The molecule has 0 spiro atoms. The van der Waals surface area contributed by atoms with Gasteiger partial charge in [0, 0.05) is 12.6 Å². The zero-order valence-corrected chi connectivity index (χ0v) is 14.8. The van der Waals surface area contributed by atoms with Gasteiger partial charge in [0.2, 0.25) is 0 Å². The quantitative estimate of drug-likeness (QED) is 0.824. The summed E-state index contributed by atoms with van der Waals surface area (Å²) in [4.78, 5) is 0. The standard InChI is InChI=1S/C15H28BrN3/c1-7-12-14(16)13(19(8-2)18-12)10-15(4,5)9-11(3)17-6/h11,17H,7-10H2,1-6H3. The van der Waals surface area contributed by atoms with Gasteiger partial charge in [0.25, 0.3) is 0 Å². The van der Waals surface area contributed by atoms with Crippen LogP contribution >= 0.6 is 15.9 Å². The van der Waals surface area contributed by atoms with E-state index in [2.05, 4.69) is 65.6 Å². The average Bonchev–Trinajstić information content (AvgIpc) is 2.65. The van der Waals surface area contributed by atoms with Gasteiger partial charge >= 0.3 is 0 Å². The highest BCUT2D eigenvalue weighted by Gasteiger charge is 2.25. The first-order valence-corrected chi connectivity index (χ1v) is 8.05. The molecule has 0 fully saturated rings. The van der Waals surface area contributed by atoms with E-state index in [4.69, 9.17) is 0 Å². The van der Waals surface area contributed by atoms with E-state index in [1.54, 1.807) is 0 Å². The first-order chi connectivity index (χ1) is 8.84. The summed E-state index contributed by atoms with van der Waals surface area (Å²) in [5, 5.41) is 8.02. The van der Waals surface area contributed by atoms with E-state index < -0.39 is 0 Å². The third-order valence-electron chi connectivity index (χ3n) is 3.69. The Labute approximate surface area is 126 Å². The second kappa shape index (κ2) is 6.89. The van der Waals surface area contributed by atoms with Gasteiger partial charge in [-0.25, -0.2) is 0 Å². The highest BCUT2D eigenvalue weighted by Crippen LogP contribution is 2.32. The Hall–Kier alpha value is -0.350. The molecule has 19 heavy (non-hydrogen) atoms. The highest BCUT2D eigenvalue weighted by atomic mass is 79.9. The Balaban J connectivity index is 2.94. The zero-order chi connectivity index (χ0) is 14.6. The molecule has 0 aliphatic heterocycles. The third-order valence-corrected chi connectivity index (χ3v) is 4.61. The van der Waals surface area contributed by atoms with Gasteiger partial charge in [-0.3, -0.25) is 4.68 Å². The van der Waals surface area contributed by atoms with Crippen LogP contribution in [-0.4, -0.2) is 22.9 Å². The molecule has 1 heterocycles. The van der Waals surface area contributed by atoms with E-state index in [-0.39, 0.29) is 5.41 Å². The number of hydrogen-bond donors (Lipinski definition) is 1. The summed E-state index contributed by atoms with van der Waals surface area (Å²) in [6.07, 6.45) is 3.20. The van der Waals surface area contributed by atoms with Crippen LogP contribution in [0.1, 0.15) is 52.4 Å². The van der Waals surface area contributed by atoms with Gasteiger partial charge in [0.05, 0.1) is 15.9 Å². The van der Waals surface area contributed by atoms with E-state index in [1.807, 2.05) is 7.05 Å². The Bertz CT molecular complexity index is 410. The molecule has 4 heteroatoms. The van der Waals surface area contributed by atoms with Crippen molar-refractivity contribution in [2.24, 2.45) is 5.41 Å². The van der Waals surface area contributed by atoms with Crippen LogP contribution in [-0.2, 0) is 19.4 Å². The van der Waals surface area contributed by atoms with Crippen LogP contribution in [0, 0.1) is 5.41 Å². The lowest BCUT2D eigenvalue weighted by Crippen LogP contribution is -2.30. The molecule has 0 aliphatic rings. The van der Waals surface area contributed by atoms with Crippen LogP contribution in [0.25, 0.3) is 0 Å². The lowest BCUT2D eigenvalue weighted by Gasteiger charge is -2.28. The van der Waals surface area contributed by atoms with Gasteiger partial charge in [-0.15, -0.1) is 0 Å². The molecule has 1 rings (SSSR count). The highest BCUT2D eigenvalue weighted by molar-refractivity contribution is 9.10. The number of hydrogen-bond acceptors (Lipinski definition) is 2. The predicted molar refractivity (Wildman–Crippen MR) is 85.6 cm³/mol. The molecule has 1 aromatic rings. The number of aromatic nitrogens is 2. The smallest absolute Gasteiger partial charge is 0.0766 e. The Morgan fingerprint density at radius 2 is 2.00 bits per heavy atom. The number of nitrogens with one attached hydrogen (secondary N) is 1. The molecule has 0 radical (unpaired) electrons. The van der Waals surface area contributed by atoms with Crippen molar-refractivity contribution >= 4 is 15.9 Å². The Kier molecular flexibility index (Phi) is 6.06. The molecule has 1 aromatic heterocycles. The fraction of sp³-hybridized carbons (Fsp3) is 0.800. The summed E-state index contributed by atoms with van der Waals surface area (Å²) >= 11 is 3.74. The fourth-order valence-electron chi connectivity index (χ4n) is 2.64. The summed E-state index contributed by atoms with van der Waals surface area (Å²) in [6, 6.07) is 0.539. The number of aryl methyl sites for hydroxylation is 2. The maximum absolute atomic E-state index is 4.68. The second-order valence-corrected chi connectivity index (χ2v) is 6.90. The van der Waals surface area contributed by atoms with Crippen LogP contribution in [0.2, 0.25) is 0 Å². The molecule has 0 saturated carbocycles. The van der Waals surface area contributed by atoms with Gasteiger partial charge in [-0.1, -0.05) is 20.8 Å². The van der Waals surface area contributed by atoms with Crippen LogP contribution in [0.3, 0.4) is 0 Å². The number of rotatable bonds is 7. The van der Waals surface area contributed by atoms with Gasteiger partial charge in [-0.2, -0.15) is 5.10 Å². The molecule has 0 bridgehead atoms. The van der Waals surface area contributed by atoms with Crippen molar-refractivity contribution < 1.29 is 0 Å². The number of halogens is 1. The van der Waals surface area contributed by atoms with Crippen molar-refractivity contribution in [1.82, 2.24) is 15.1 Å². The SMILES string of the molecule is CCc1nn(CC)c(CC(C)(C)CC(C)NC)c1Br. The van der Waals surface area contributed by atoms with Crippen molar-refractivity contribution in [2.45, 2.75) is 66.5 Å². The van der Waals surface area contributed by atoms with Crippen LogP contribution < -0.4 is 5.32 Å². The van der Waals surface area contributed by atoms with Crippen LogP contribution in [0.4, 0.5) is 0 Å². The van der Waals surface area contributed by atoms with E-state index in [0.29, 0.717) is 6.04 Å². The van der Waals surface area contributed by atoms with Gasteiger partial charge in [0.15, 0.2) is 0 Å². The lowest BCUT2D eigenvalue weighted by molar-refractivity contribution is 0.286. The summed E-state index contributed by atoms with van der Waals surface area (Å²) < 4.78 is 3.36. The second-order valence-electron chi connectivity index (χ2n) is 6.11. The predicted octanol–water partition coefficient (Wildman–Crippen LogP) is 3.79. The molecular formula is C15H28BrN3. The summed E-state index contributed by atoms with van der Waals surface area (Å²) in [6.45, 7) is 12.2. The summed E-state index contributed by atoms with van der Waals surface area (Å²) in [5.41, 5.74) is 2.78. The van der Waals surface area contributed by atoms with E-state index in [0.717, 1.165) is 25.8 Å². The molecule has 110 valence electrons. The summed E-state index contributed by atoms with van der Waals surface area (Å²) in [5.74, 6) is 0. The van der Waals surface area contributed by atoms with Crippen LogP contribution in [0.5, 0.6) is 0 Å².